The lowest BCUT2D eigenvalue weighted by Gasteiger charge is -2.37. The van der Waals surface area contributed by atoms with Crippen molar-refractivity contribution in [2.75, 3.05) is 6.61 Å². The van der Waals surface area contributed by atoms with Crippen molar-refractivity contribution >= 4 is 11.2 Å². The second-order valence-electron chi connectivity index (χ2n) is 8.83. The first-order chi connectivity index (χ1) is 14.6. The maximum absolute atomic E-state index is 13.2. The fourth-order valence-corrected chi connectivity index (χ4v) is 4.65. The Bertz CT molecular complexity index is 1060. The quantitative estimate of drug-likeness (QED) is 0.779. The molecule has 0 aromatic carbocycles. The Balaban J connectivity index is 1.60. The zero-order valence-corrected chi connectivity index (χ0v) is 17.4. The first-order valence-electron chi connectivity index (χ1n) is 10.7. The average molecular weight is 444 g/mol. The number of imidazole rings is 1. The van der Waals surface area contributed by atoms with Crippen LogP contribution in [0.2, 0.25) is 0 Å². The predicted molar refractivity (Wildman–Crippen MR) is 106 cm³/mol. The second kappa shape index (κ2) is 8.09. The molecule has 4 rings (SSSR count). The molecule has 11 heteroatoms. The van der Waals surface area contributed by atoms with Gasteiger partial charge in [-0.1, -0.05) is 19.3 Å². The zero-order valence-electron chi connectivity index (χ0n) is 17.4. The maximum Gasteiger partial charge on any atom is 0.419 e. The molecule has 0 spiro atoms. The minimum atomic E-state index is -4.80. The molecule has 2 aliphatic rings. The molecule has 1 N–H and O–H groups in total. The number of nitrogens with zero attached hydrogens (tertiary/aromatic N) is 4. The molecule has 1 aliphatic carbocycles. The number of aliphatic hydroxyl groups is 1. The predicted octanol–water partition coefficient (Wildman–Crippen LogP) is 1.95. The molecular weight excluding hydrogens is 417 g/mol. The van der Waals surface area contributed by atoms with Gasteiger partial charge in [0.1, 0.15) is 0 Å². The number of aromatic nitrogens is 4. The third-order valence-corrected chi connectivity index (χ3v) is 6.63. The number of alkyl halides is 3. The number of halogens is 3. The van der Waals surface area contributed by atoms with Crippen molar-refractivity contribution < 1.29 is 23.0 Å². The third kappa shape index (κ3) is 4.05. The van der Waals surface area contributed by atoms with Crippen LogP contribution in [0.25, 0.3) is 11.2 Å². The lowest BCUT2D eigenvalue weighted by Crippen LogP contribution is -2.54. The molecule has 2 fully saturated rings. The largest absolute Gasteiger partial charge is 0.419 e. The van der Waals surface area contributed by atoms with E-state index in [2.05, 4.69) is 4.98 Å². The van der Waals surface area contributed by atoms with Gasteiger partial charge >= 0.3 is 11.9 Å². The number of fused-ring (bicyclic) bond motifs is 1. The van der Waals surface area contributed by atoms with Crippen LogP contribution in [0.4, 0.5) is 13.2 Å². The summed E-state index contributed by atoms with van der Waals surface area (Å²) in [7, 11) is 1.52. The fourth-order valence-electron chi connectivity index (χ4n) is 4.65. The summed E-state index contributed by atoms with van der Waals surface area (Å²) < 4.78 is 48.3. The summed E-state index contributed by atoms with van der Waals surface area (Å²) in [6.45, 7) is -0.454. The maximum atomic E-state index is 13.2. The minimum Gasteiger partial charge on any atom is -0.379 e. The monoisotopic (exact) mass is 444 g/mol. The average Bonchev–Trinajstić information content (AvgIpc) is 3.15. The molecule has 1 saturated heterocycles. The SMILES string of the molecule is Cn1c(=O)n(CC2CCC(O)(C(F)(F)F)CO2)c(=O)c2c1ncn2CC1CCCCC1. The Kier molecular flexibility index (Phi) is 5.76. The first kappa shape index (κ1) is 22.1. The number of hydrogen-bond donors (Lipinski definition) is 1. The number of aryl methyl sites for hydroxylation is 1. The Morgan fingerprint density at radius 2 is 1.90 bits per heavy atom. The van der Waals surface area contributed by atoms with Gasteiger partial charge in [0.05, 0.1) is 25.6 Å². The van der Waals surface area contributed by atoms with Crippen LogP contribution in [0.15, 0.2) is 15.9 Å². The Morgan fingerprint density at radius 3 is 2.52 bits per heavy atom. The van der Waals surface area contributed by atoms with Gasteiger partial charge in [-0.05, 0) is 31.6 Å². The Hall–Kier alpha value is -2.14. The molecule has 0 bridgehead atoms. The van der Waals surface area contributed by atoms with E-state index >= 15 is 0 Å². The van der Waals surface area contributed by atoms with E-state index in [0.717, 1.165) is 30.3 Å². The first-order valence-corrected chi connectivity index (χ1v) is 10.7. The van der Waals surface area contributed by atoms with Crippen molar-refractivity contribution in [2.24, 2.45) is 13.0 Å². The van der Waals surface area contributed by atoms with Gasteiger partial charge in [-0.2, -0.15) is 13.2 Å². The van der Waals surface area contributed by atoms with Gasteiger partial charge < -0.3 is 14.4 Å². The summed E-state index contributed by atoms with van der Waals surface area (Å²) in [4.78, 5) is 30.2. The molecule has 2 atom stereocenters. The number of hydrogen-bond acceptors (Lipinski definition) is 5. The molecule has 172 valence electrons. The highest BCUT2D eigenvalue weighted by atomic mass is 19.4. The summed E-state index contributed by atoms with van der Waals surface area (Å²) in [5.74, 6) is 0.443. The molecule has 0 radical (unpaired) electrons. The van der Waals surface area contributed by atoms with Gasteiger partial charge in [-0.15, -0.1) is 0 Å². The van der Waals surface area contributed by atoms with Crippen molar-refractivity contribution in [2.45, 2.75) is 75.9 Å². The van der Waals surface area contributed by atoms with E-state index < -0.39 is 42.2 Å². The molecule has 3 heterocycles. The van der Waals surface area contributed by atoms with E-state index in [0.29, 0.717) is 18.0 Å². The van der Waals surface area contributed by atoms with Crippen LogP contribution in [0.5, 0.6) is 0 Å². The molecule has 1 saturated carbocycles. The molecule has 0 amide bonds. The van der Waals surface area contributed by atoms with Crippen molar-refractivity contribution in [3.8, 4) is 0 Å². The third-order valence-electron chi connectivity index (χ3n) is 6.63. The molecule has 31 heavy (non-hydrogen) atoms. The molecule has 2 aromatic heterocycles. The smallest absolute Gasteiger partial charge is 0.379 e. The minimum absolute atomic E-state index is 0.120. The van der Waals surface area contributed by atoms with E-state index in [1.807, 2.05) is 0 Å². The number of rotatable bonds is 4. The van der Waals surface area contributed by atoms with Crippen molar-refractivity contribution in [1.82, 2.24) is 18.7 Å². The summed E-state index contributed by atoms with van der Waals surface area (Å²) in [6, 6.07) is 0. The fraction of sp³-hybridized carbons (Fsp3) is 0.750. The second-order valence-corrected chi connectivity index (χ2v) is 8.83. The van der Waals surface area contributed by atoms with Crippen LogP contribution in [0.3, 0.4) is 0 Å². The van der Waals surface area contributed by atoms with E-state index in [-0.39, 0.29) is 18.6 Å². The highest BCUT2D eigenvalue weighted by Gasteiger charge is 2.55. The summed E-state index contributed by atoms with van der Waals surface area (Å²) in [5, 5.41) is 9.75. The lowest BCUT2D eigenvalue weighted by atomic mass is 9.89. The summed E-state index contributed by atoms with van der Waals surface area (Å²) >= 11 is 0. The molecule has 8 nitrogen and oxygen atoms in total. The summed E-state index contributed by atoms with van der Waals surface area (Å²) in [5.41, 5.74) is -3.41. The summed E-state index contributed by atoms with van der Waals surface area (Å²) in [6.07, 6.45) is 1.03. The highest BCUT2D eigenvalue weighted by Crippen LogP contribution is 2.38. The van der Waals surface area contributed by atoms with E-state index in [1.54, 1.807) is 10.9 Å². The van der Waals surface area contributed by atoms with E-state index in [4.69, 9.17) is 4.74 Å². The van der Waals surface area contributed by atoms with Crippen LogP contribution in [-0.2, 0) is 24.9 Å². The topological polar surface area (TPSA) is 91.3 Å². The highest BCUT2D eigenvalue weighted by molar-refractivity contribution is 5.69. The normalized spacial score (nSPS) is 25.9. The van der Waals surface area contributed by atoms with Crippen molar-refractivity contribution in [3.05, 3.63) is 27.2 Å². The molecule has 1 aliphatic heterocycles. The Labute approximate surface area is 176 Å². The van der Waals surface area contributed by atoms with Gasteiger partial charge in [-0.3, -0.25) is 13.9 Å². The lowest BCUT2D eigenvalue weighted by molar-refractivity contribution is -0.295. The van der Waals surface area contributed by atoms with Crippen molar-refractivity contribution in [1.29, 1.82) is 0 Å². The zero-order chi connectivity index (χ0) is 22.4. The number of ether oxygens (including phenoxy) is 1. The standard InChI is InChI=1S/C20H27F3N4O4/c1-25-16-15(26(12-24-16)9-13-5-3-2-4-6-13)17(28)27(18(25)29)10-14-7-8-19(30,11-31-14)20(21,22)23/h12-14,30H,2-11H2,1H3. The van der Waals surface area contributed by atoms with Gasteiger partial charge in [0.25, 0.3) is 5.56 Å². The molecule has 2 unspecified atom stereocenters. The van der Waals surface area contributed by atoms with Gasteiger partial charge in [0, 0.05) is 13.6 Å². The molecule has 2 aromatic rings. The van der Waals surface area contributed by atoms with Crippen LogP contribution < -0.4 is 11.2 Å². The van der Waals surface area contributed by atoms with Crippen molar-refractivity contribution in [3.63, 3.8) is 0 Å². The van der Waals surface area contributed by atoms with E-state index in [9.17, 15) is 27.9 Å². The van der Waals surface area contributed by atoms with Crippen LogP contribution in [0.1, 0.15) is 44.9 Å². The molecular formula is C20H27F3N4O4. The van der Waals surface area contributed by atoms with Gasteiger partial charge in [0.15, 0.2) is 16.8 Å². The van der Waals surface area contributed by atoms with Crippen LogP contribution in [0, 0.1) is 5.92 Å². The Morgan fingerprint density at radius 1 is 1.19 bits per heavy atom. The van der Waals surface area contributed by atoms with Gasteiger partial charge in [0.2, 0.25) is 0 Å². The van der Waals surface area contributed by atoms with E-state index in [1.165, 1.54) is 18.0 Å². The van der Waals surface area contributed by atoms with Crippen LogP contribution >= 0.6 is 0 Å². The van der Waals surface area contributed by atoms with Crippen LogP contribution in [-0.4, -0.2) is 48.3 Å². The van der Waals surface area contributed by atoms with Gasteiger partial charge in [-0.25, -0.2) is 9.78 Å².